The highest BCUT2D eigenvalue weighted by Gasteiger charge is 2.23. The number of alkyl halides is 1. The predicted octanol–water partition coefficient (Wildman–Crippen LogP) is 3.20. The highest BCUT2D eigenvalue weighted by molar-refractivity contribution is 6.18. The van der Waals surface area contributed by atoms with E-state index < -0.39 is 0 Å². The van der Waals surface area contributed by atoms with Crippen molar-refractivity contribution in [2.45, 2.75) is 32.4 Å². The SMILES string of the molecule is Cc1cccc(CN2CCCC2CCl)c1. The molecule has 2 heteroatoms. The number of nitrogens with zero attached hydrogens (tertiary/aromatic N) is 1. The summed E-state index contributed by atoms with van der Waals surface area (Å²) in [5, 5.41) is 0. The number of benzene rings is 1. The number of aryl methyl sites for hydroxylation is 1. The van der Waals surface area contributed by atoms with Gasteiger partial charge in [0.2, 0.25) is 0 Å². The predicted molar refractivity (Wildman–Crippen MR) is 65.3 cm³/mol. The van der Waals surface area contributed by atoms with Crippen LogP contribution in [-0.4, -0.2) is 23.4 Å². The zero-order chi connectivity index (χ0) is 10.7. The largest absolute Gasteiger partial charge is 0.295 e. The van der Waals surface area contributed by atoms with Crippen LogP contribution in [0.1, 0.15) is 24.0 Å². The van der Waals surface area contributed by atoms with Gasteiger partial charge in [-0.05, 0) is 31.9 Å². The fourth-order valence-electron chi connectivity index (χ4n) is 2.32. The van der Waals surface area contributed by atoms with Crippen molar-refractivity contribution < 1.29 is 0 Å². The average Bonchev–Trinajstić information content (AvgIpc) is 2.65. The lowest BCUT2D eigenvalue weighted by molar-refractivity contribution is 0.263. The van der Waals surface area contributed by atoms with Gasteiger partial charge in [-0.2, -0.15) is 0 Å². The van der Waals surface area contributed by atoms with E-state index in [-0.39, 0.29) is 0 Å². The molecule has 0 amide bonds. The molecule has 1 aliphatic heterocycles. The van der Waals surface area contributed by atoms with Gasteiger partial charge in [0.15, 0.2) is 0 Å². The minimum atomic E-state index is 0.590. The topological polar surface area (TPSA) is 3.24 Å². The Labute approximate surface area is 97.0 Å². The average molecular weight is 224 g/mol. The Morgan fingerprint density at radius 3 is 3.07 bits per heavy atom. The molecule has 82 valence electrons. The lowest BCUT2D eigenvalue weighted by Crippen LogP contribution is -2.30. The Balaban J connectivity index is 2.02. The van der Waals surface area contributed by atoms with E-state index in [4.69, 9.17) is 11.6 Å². The van der Waals surface area contributed by atoms with E-state index in [1.165, 1.54) is 30.5 Å². The molecule has 1 nitrogen and oxygen atoms in total. The molecule has 1 aliphatic rings. The van der Waals surface area contributed by atoms with Gasteiger partial charge < -0.3 is 0 Å². The van der Waals surface area contributed by atoms with E-state index in [9.17, 15) is 0 Å². The van der Waals surface area contributed by atoms with Crippen molar-refractivity contribution >= 4 is 11.6 Å². The zero-order valence-corrected chi connectivity index (χ0v) is 10.0. The Kier molecular flexibility index (Phi) is 3.66. The third-order valence-corrected chi connectivity index (χ3v) is 3.50. The van der Waals surface area contributed by atoms with Crippen molar-refractivity contribution in [3.8, 4) is 0 Å². The van der Waals surface area contributed by atoms with Gasteiger partial charge in [0.25, 0.3) is 0 Å². The second-order valence-corrected chi connectivity index (χ2v) is 4.72. The van der Waals surface area contributed by atoms with Gasteiger partial charge in [-0.25, -0.2) is 0 Å². The maximum absolute atomic E-state index is 5.96. The lowest BCUT2D eigenvalue weighted by atomic mass is 10.1. The number of rotatable bonds is 3. The molecule has 0 bridgehead atoms. The molecule has 1 aromatic rings. The van der Waals surface area contributed by atoms with E-state index in [1.807, 2.05) is 0 Å². The Morgan fingerprint density at radius 2 is 2.33 bits per heavy atom. The fraction of sp³-hybridized carbons (Fsp3) is 0.538. The van der Waals surface area contributed by atoms with Gasteiger partial charge in [0, 0.05) is 18.5 Å². The van der Waals surface area contributed by atoms with E-state index >= 15 is 0 Å². The number of hydrogen-bond acceptors (Lipinski definition) is 1. The molecule has 0 radical (unpaired) electrons. The minimum Gasteiger partial charge on any atom is -0.295 e. The van der Waals surface area contributed by atoms with Gasteiger partial charge in [0.1, 0.15) is 0 Å². The summed E-state index contributed by atoms with van der Waals surface area (Å²) >= 11 is 5.96. The van der Waals surface area contributed by atoms with Crippen LogP contribution in [-0.2, 0) is 6.54 Å². The van der Waals surface area contributed by atoms with Crippen LogP contribution in [0.3, 0.4) is 0 Å². The molecular formula is C13H18ClN. The van der Waals surface area contributed by atoms with Crippen LogP contribution < -0.4 is 0 Å². The Morgan fingerprint density at radius 1 is 1.47 bits per heavy atom. The smallest absolute Gasteiger partial charge is 0.0379 e. The first kappa shape index (κ1) is 11.0. The highest BCUT2D eigenvalue weighted by Crippen LogP contribution is 2.21. The molecule has 0 saturated carbocycles. The molecule has 1 atom stereocenters. The molecule has 1 fully saturated rings. The molecule has 1 unspecified atom stereocenters. The van der Waals surface area contributed by atoms with Crippen LogP contribution in [0.5, 0.6) is 0 Å². The summed E-state index contributed by atoms with van der Waals surface area (Å²) in [4.78, 5) is 2.50. The van der Waals surface area contributed by atoms with Gasteiger partial charge in [0.05, 0.1) is 0 Å². The molecule has 1 heterocycles. The zero-order valence-electron chi connectivity index (χ0n) is 9.25. The molecule has 0 aliphatic carbocycles. The van der Waals surface area contributed by atoms with E-state index in [1.54, 1.807) is 0 Å². The highest BCUT2D eigenvalue weighted by atomic mass is 35.5. The monoisotopic (exact) mass is 223 g/mol. The van der Waals surface area contributed by atoms with Crippen molar-refractivity contribution in [1.29, 1.82) is 0 Å². The number of likely N-dealkylation sites (tertiary alicyclic amines) is 1. The maximum atomic E-state index is 5.96. The van der Waals surface area contributed by atoms with Gasteiger partial charge in [-0.1, -0.05) is 29.8 Å². The first-order valence-corrected chi connectivity index (χ1v) is 6.18. The van der Waals surface area contributed by atoms with E-state index in [2.05, 4.69) is 36.1 Å². The van der Waals surface area contributed by atoms with Gasteiger partial charge in [-0.3, -0.25) is 4.90 Å². The summed E-state index contributed by atoms with van der Waals surface area (Å²) in [5.74, 6) is 0.770. The van der Waals surface area contributed by atoms with Crippen LogP contribution in [0.2, 0.25) is 0 Å². The summed E-state index contributed by atoms with van der Waals surface area (Å²) in [5.41, 5.74) is 2.75. The molecule has 15 heavy (non-hydrogen) atoms. The number of halogens is 1. The molecular weight excluding hydrogens is 206 g/mol. The lowest BCUT2D eigenvalue weighted by Gasteiger charge is -2.22. The van der Waals surface area contributed by atoms with Gasteiger partial charge in [-0.15, -0.1) is 11.6 Å². The van der Waals surface area contributed by atoms with Crippen molar-refractivity contribution in [2.75, 3.05) is 12.4 Å². The van der Waals surface area contributed by atoms with Crippen molar-refractivity contribution in [2.24, 2.45) is 0 Å². The van der Waals surface area contributed by atoms with Crippen LogP contribution in [0.4, 0.5) is 0 Å². The first-order chi connectivity index (χ1) is 7.29. The molecule has 1 saturated heterocycles. The fourth-order valence-corrected chi connectivity index (χ4v) is 2.67. The standard InChI is InChI=1S/C13H18ClN/c1-11-4-2-5-12(8-11)10-15-7-3-6-13(15)9-14/h2,4-5,8,13H,3,6-7,9-10H2,1H3. The molecule has 2 rings (SSSR count). The van der Waals surface area contributed by atoms with Crippen molar-refractivity contribution in [3.05, 3.63) is 35.4 Å². The third kappa shape index (κ3) is 2.73. The van der Waals surface area contributed by atoms with Crippen molar-refractivity contribution in [1.82, 2.24) is 4.90 Å². The summed E-state index contributed by atoms with van der Waals surface area (Å²) in [6.07, 6.45) is 2.55. The maximum Gasteiger partial charge on any atom is 0.0379 e. The van der Waals surface area contributed by atoms with E-state index in [0.29, 0.717) is 6.04 Å². The van der Waals surface area contributed by atoms with Crippen LogP contribution >= 0.6 is 11.6 Å². The molecule has 1 aromatic carbocycles. The van der Waals surface area contributed by atoms with Crippen LogP contribution in [0.25, 0.3) is 0 Å². The second kappa shape index (κ2) is 5.00. The summed E-state index contributed by atoms with van der Waals surface area (Å²) < 4.78 is 0. The third-order valence-electron chi connectivity index (χ3n) is 3.15. The summed E-state index contributed by atoms with van der Waals surface area (Å²) in [6, 6.07) is 9.34. The molecule has 0 N–H and O–H groups in total. The van der Waals surface area contributed by atoms with E-state index in [0.717, 1.165) is 12.4 Å². The minimum absolute atomic E-state index is 0.590. The van der Waals surface area contributed by atoms with Crippen LogP contribution in [0, 0.1) is 6.92 Å². The summed E-state index contributed by atoms with van der Waals surface area (Å²) in [6.45, 7) is 4.40. The molecule has 0 spiro atoms. The quantitative estimate of drug-likeness (QED) is 0.712. The number of hydrogen-bond donors (Lipinski definition) is 0. The first-order valence-electron chi connectivity index (χ1n) is 5.65. The Hall–Kier alpha value is -0.530. The Bertz CT molecular complexity index is 324. The van der Waals surface area contributed by atoms with Gasteiger partial charge >= 0.3 is 0 Å². The molecule has 0 aromatic heterocycles. The summed E-state index contributed by atoms with van der Waals surface area (Å²) in [7, 11) is 0. The van der Waals surface area contributed by atoms with Crippen LogP contribution in [0.15, 0.2) is 24.3 Å². The normalized spacial score (nSPS) is 22.1. The second-order valence-electron chi connectivity index (χ2n) is 4.41. The van der Waals surface area contributed by atoms with Crippen molar-refractivity contribution in [3.63, 3.8) is 0 Å².